The van der Waals surface area contributed by atoms with E-state index in [1.54, 1.807) is 0 Å². The molecule has 7 rings (SSSR count). The second kappa shape index (κ2) is 8.99. The Morgan fingerprint density at radius 3 is 1.95 bits per heavy atom. The Kier molecular flexibility index (Phi) is 5.34. The molecule has 0 fully saturated rings. The van der Waals surface area contributed by atoms with Gasteiger partial charge in [0, 0.05) is 37.3 Å². The number of nitrogens with zero attached hydrogens (tertiary/aromatic N) is 1. The summed E-state index contributed by atoms with van der Waals surface area (Å²) in [6.07, 6.45) is 3.05. The molecule has 0 saturated carbocycles. The van der Waals surface area contributed by atoms with Gasteiger partial charge in [0.25, 0.3) is 0 Å². The van der Waals surface area contributed by atoms with Gasteiger partial charge >= 0.3 is 0 Å². The van der Waals surface area contributed by atoms with Crippen LogP contribution in [0.4, 0.5) is 0 Å². The van der Waals surface area contributed by atoms with E-state index in [9.17, 15) is 0 Å². The average Bonchev–Trinajstić information content (AvgIpc) is 3.35. The van der Waals surface area contributed by atoms with Crippen molar-refractivity contribution >= 4 is 42.4 Å². The van der Waals surface area contributed by atoms with Gasteiger partial charge in [-0.25, -0.2) is 0 Å². The van der Waals surface area contributed by atoms with E-state index in [1.807, 2.05) is 17.5 Å². The first-order chi connectivity index (χ1) is 18.2. The molecule has 2 heteroatoms. The van der Waals surface area contributed by atoms with Gasteiger partial charge in [-0.05, 0) is 70.1 Å². The number of benzene rings is 5. The van der Waals surface area contributed by atoms with Crippen molar-refractivity contribution in [1.29, 1.82) is 0 Å². The predicted octanol–water partition coefficient (Wildman–Crippen LogP) is 10.2. The Morgan fingerprint density at radius 1 is 0.541 bits per heavy atom. The van der Waals surface area contributed by atoms with Crippen LogP contribution in [0.5, 0.6) is 0 Å². The monoisotopic (exact) mass is 491 g/mol. The van der Waals surface area contributed by atoms with Crippen molar-refractivity contribution in [2.24, 2.45) is 0 Å². The predicted molar refractivity (Wildman–Crippen MR) is 160 cm³/mol. The van der Waals surface area contributed by atoms with Crippen molar-refractivity contribution in [3.63, 3.8) is 0 Å². The highest BCUT2D eigenvalue weighted by Crippen LogP contribution is 2.36. The number of hydrogen-bond donors (Lipinski definition) is 0. The van der Waals surface area contributed by atoms with E-state index in [4.69, 9.17) is 4.98 Å². The lowest BCUT2D eigenvalue weighted by atomic mass is 9.98. The van der Waals surface area contributed by atoms with Crippen molar-refractivity contribution in [2.75, 3.05) is 0 Å². The van der Waals surface area contributed by atoms with Crippen molar-refractivity contribution in [3.05, 3.63) is 127 Å². The molecule has 0 aliphatic heterocycles. The Morgan fingerprint density at radius 2 is 1.16 bits per heavy atom. The molecule has 0 unspecified atom stereocenters. The van der Waals surface area contributed by atoms with Gasteiger partial charge < -0.3 is 0 Å². The maximum atomic E-state index is 4.82. The van der Waals surface area contributed by atoms with Crippen molar-refractivity contribution in [3.8, 4) is 33.4 Å². The van der Waals surface area contributed by atoms with Gasteiger partial charge in [-0.15, -0.1) is 11.3 Å². The summed E-state index contributed by atoms with van der Waals surface area (Å²) in [7, 11) is 0. The molecule has 1 nitrogen and oxygen atoms in total. The molecule has 2 heterocycles. The first-order valence-electron chi connectivity index (χ1n) is 12.8. The number of aromatic nitrogens is 1. The van der Waals surface area contributed by atoms with Crippen LogP contribution < -0.4 is 0 Å². The summed E-state index contributed by atoms with van der Waals surface area (Å²) in [6, 6.07) is 42.0. The zero-order chi connectivity index (χ0) is 24.8. The third kappa shape index (κ3) is 4.00. The highest BCUT2D eigenvalue weighted by atomic mass is 32.1. The van der Waals surface area contributed by atoms with Crippen LogP contribution in [0.1, 0.15) is 12.5 Å². The fraction of sp³-hybridized carbons (Fsp3) is 0.0571. The van der Waals surface area contributed by atoms with Crippen LogP contribution in [0.25, 0.3) is 64.5 Å². The zero-order valence-electron chi connectivity index (χ0n) is 20.6. The maximum absolute atomic E-state index is 4.82. The van der Waals surface area contributed by atoms with Crippen molar-refractivity contribution in [1.82, 2.24) is 4.98 Å². The van der Waals surface area contributed by atoms with Gasteiger partial charge in [0.1, 0.15) is 0 Å². The molecule has 0 amide bonds. The number of fused-ring (bicyclic) bond motifs is 4. The van der Waals surface area contributed by atoms with E-state index in [0.717, 1.165) is 22.9 Å². The van der Waals surface area contributed by atoms with Crippen LogP contribution in [-0.2, 0) is 6.42 Å². The molecule has 2 aromatic heterocycles. The fourth-order valence-electron chi connectivity index (χ4n) is 5.15. The fourth-order valence-corrected chi connectivity index (χ4v) is 6.24. The number of pyridine rings is 1. The summed E-state index contributed by atoms with van der Waals surface area (Å²) < 4.78 is 2.68. The maximum Gasteiger partial charge on any atom is 0.0708 e. The molecule has 37 heavy (non-hydrogen) atoms. The summed E-state index contributed by atoms with van der Waals surface area (Å²) in [5, 5.41) is 3.83. The molecule has 0 spiro atoms. The normalized spacial score (nSPS) is 11.5. The lowest BCUT2D eigenvalue weighted by Gasteiger charge is -2.08. The molecule has 0 saturated heterocycles. The van der Waals surface area contributed by atoms with Gasteiger partial charge in [0.05, 0.1) is 5.52 Å². The third-order valence-electron chi connectivity index (χ3n) is 7.31. The zero-order valence-corrected chi connectivity index (χ0v) is 21.4. The lowest BCUT2D eigenvalue weighted by Crippen LogP contribution is -1.86. The first kappa shape index (κ1) is 22.0. The minimum atomic E-state index is 1.02. The number of thiophene rings is 1. The summed E-state index contributed by atoms with van der Waals surface area (Å²) in [5.41, 5.74) is 9.61. The molecule has 0 aliphatic carbocycles. The summed E-state index contributed by atoms with van der Waals surface area (Å²) in [6.45, 7) is 2.19. The molecule has 0 aliphatic rings. The van der Waals surface area contributed by atoms with Crippen LogP contribution in [0.3, 0.4) is 0 Å². The SMILES string of the molecule is CCc1ccc(-c2ccc3cc(-c4ccc(-c5ccc6sc7ccccc7c6c5)cc4)cnc3c2)cc1. The summed E-state index contributed by atoms with van der Waals surface area (Å²) in [4.78, 5) is 4.82. The van der Waals surface area contributed by atoms with E-state index < -0.39 is 0 Å². The Balaban J connectivity index is 1.19. The van der Waals surface area contributed by atoms with E-state index in [-0.39, 0.29) is 0 Å². The molecule has 7 aromatic rings. The standard InChI is InChI=1S/C35H25NS/c1-2-23-7-9-24(10-8-23)28-15-16-29-19-30(22-36-33(29)21-28)26-13-11-25(12-14-26)27-17-18-35-32(20-27)31-5-3-4-6-34(31)37-35/h3-22H,2H2,1H3. The lowest BCUT2D eigenvalue weighted by molar-refractivity contribution is 1.14. The van der Waals surface area contributed by atoms with Gasteiger partial charge in [-0.3, -0.25) is 4.98 Å². The van der Waals surface area contributed by atoms with Gasteiger partial charge in [-0.1, -0.05) is 91.9 Å². The highest BCUT2D eigenvalue weighted by Gasteiger charge is 2.08. The van der Waals surface area contributed by atoms with Crippen LogP contribution in [0.15, 0.2) is 121 Å². The quantitative estimate of drug-likeness (QED) is 0.239. The van der Waals surface area contributed by atoms with Crippen molar-refractivity contribution < 1.29 is 0 Å². The molecule has 0 atom stereocenters. The largest absolute Gasteiger partial charge is 0.256 e. The van der Waals surface area contributed by atoms with E-state index >= 15 is 0 Å². The van der Waals surface area contributed by atoms with Crippen LogP contribution in [-0.4, -0.2) is 4.98 Å². The minimum absolute atomic E-state index is 1.02. The summed E-state index contributed by atoms with van der Waals surface area (Å²) in [5.74, 6) is 0. The van der Waals surface area contributed by atoms with Gasteiger partial charge in [-0.2, -0.15) is 0 Å². The first-order valence-corrected chi connectivity index (χ1v) is 13.6. The second-order valence-corrected chi connectivity index (χ2v) is 10.7. The van der Waals surface area contributed by atoms with E-state index in [2.05, 4.69) is 122 Å². The smallest absolute Gasteiger partial charge is 0.0708 e. The van der Waals surface area contributed by atoms with Gasteiger partial charge in [0.2, 0.25) is 0 Å². The Labute approximate surface area is 220 Å². The van der Waals surface area contributed by atoms with E-state index in [1.165, 1.54) is 53.6 Å². The summed E-state index contributed by atoms with van der Waals surface area (Å²) >= 11 is 1.86. The minimum Gasteiger partial charge on any atom is -0.256 e. The number of hydrogen-bond acceptors (Lipinski definition) is 2. The average molecular weight is 492 g/mol. The molecule has 176 valence electrons. The van der Waals surface area contributed by atoms with Crippen LogP contribution in [0, 0.1) is 0 Å². The number of rotatable bonds is 4. The molecule has 0 bridgehead atoms. The molecular weight excluding hydrogens is 466 g/mol. The number of aryl methyl sites for hydroxylation is 1. The topological polar surface area (TPSA) is 12.9 Å². The third-order valence-corrected chi connectivity index (χ3v) is 8.46. The Bertz CT molecular complexity index is 1890. The molecule has 0 radical (unpaired) electrons. The molecular formula is C35H25NS. The Hall–Kier alpha value is -4.27. The van der Waals surface area contributed by atoms with Crippen LogP contribution in [0.2, 0.25) is 0 Å². The van der Waals surface area contributed by atoms with Crippen molar-refractivity contribution in [2.45, 2.75) is 13.3 Å². The van der Waals surface area contributed by atoms with E-state index in [0.29, 0.717) is 0 Å². The van der Waals surface area contributed by atoms with Gasteiger partial charge in [0.15, 0.2) is 0 Å². The molecule has 5 aromatic carbocycles. The highest BCUT2D eigenvalue weighted by molar-refractivity contribution is 7.25. The molecule has 0 N–H and O–H groups in total. The second-order valence-electron chi connectivity index (χ2n) is 9.57. The van der Waals surface area contributed by atoms with Crippen LogP contribution >= 0.6 is 11.3 Å².